The molecule has 1 aliphatic rings. The van der Waals surface area contributed by atoms with Gasteiger partial charge in [-0.3, -0.25) is 0 Å². The molecule has 0 radical (unpaired) electrons. The first-order valence-corrected chi connectivity index (χ1v) is 7.58. The summed E-state index contributed by atoms with van der Waals surface area (Å²) in [6, 6.07) is 7.94. The van der Waals surface area contributed by atoms with Crippen LogP contribution >= 0.6 is 0 Å². The van der Waals surface area contributed by atoms with Gasteiger partial charge in [-0.15, -0.1) is 10.2 Å². The number of aromatic nitrogens is 3. The van der Waals surface area contributed by atoms with E-state index >= 15 is 0 Å². The summed E-state index contributed by atoms with van der Waals surface area (Å²) < 4.78 is 5.91. The minimum atomic E-state index is 0.323. The molecule has 4 heteroatoms. The van der Waals surface area contributed by atoms with Gasteiger partial charge in [-0.25, -0.2) is 0 Å². The van der Waals surface area contributed by atoms with Gasteiger partial charge in [-0.05, 0) is 30.5 Å². The summed E-state index contributed by atoms with van der Waals surface area (Å²) in [5.74, 6) is 1.66. The Balaban J connectivity index is 2.08. The maximum atomic E-state index is 5.91. The molecule has 0 amide bonds. The highest BCUT2D eigenvalue weighted by molar-refractivity contribution is 5.74. The van der Waals surface area contributed by atoms with Crippen molar-refractivity contribution in [3.8, 4) is 0 Å². The Morgan fingerprint density at radius 2 is 1.81 bits per heavy atom. The molecule has 0 bridgehead atoms. The van der Waals surface area contributed by atoms with E-state index in [-0.39, 0.29) is 0 Å². The monoisotopic (exact) mass is 283 g/mol. The minimum absolute atomic E-state index is 0.323. The molecule has 1 aliphatic carbocycles. The predicted octanol–water partition coefficient (Wildman–Crippen LogP) is 3.87. The summed E-state index contributed by atoms with van der Waals surface area (Å²) >= 11 is 0. The number of fused-ring (bicyclic) bond motifs is 1. The molecule has 2 unspecified atom stereocenters. The first kappa shape index (κ1) is 13.9. The topological polar surface area (TPSA) is 39.9 Å². The zero-order valence-electron chi connectivity index (χ0n) is 12.8. The van der Waals surface area contributed by atoms with Gasteiger partial charge >= 0.3 is 0 Å². The van der Waals surface area contributed by atoms with Gasteiger partial charge < -0.3 is 4.74 Å². The molecule has 0 spiro atoms. The third kappa shape index (κ3) is 2.58. The third-order valence-corrected chi connectivity index (χ3v) is 3.99. The van der Waals surface area contributed by atoms with E-state index < -0.39 is 0 Å². The molecule has 1 aromatic carbocycles. The van der Waals surface area contributed by atoms with Gasteiger partial charge in [-0.2, -0.15) is 4.80 Å². The number of hydrogen-bond acceptors (Lipinski definition) is 3. The molecule has 1 aromatic heterocycles. The van der Waals surface area contributed by atoms with Crippen molar-refractivity contribution in [2.24, 2.45) is 11.8 Å². The fourth-order valence-corrected chi connectivity index (χ4v) is 2.55. The van der Waals surface area contributed by atoms with Gasteiger partial charge in [0.25, 0.3) is 0 Å². The largest absolute Gasteiger partial charge is 0.492 e. The van der Waals surface area contributed by atoms with Crippen molar-refractivity contribution in [2.45, 2.75) is 27.2 Å². The van der Waals surface area contributed by atoms with Crippen molar-refractivity contribution >= 4 is 16.7 Å². The van der Waals surface area contributed by atoms with E-state index in [0.717, 1.165) is 28.9 Å². The average molecular weight is 283 g/mol. The molecule has 110 valence electrons. The lowest BCUT2D eigenvalue weighted by Gasteiger charge is -2.25. The number of allylic oxidation sites excluding steroid dienone is 3. The summed E-state index contributed by atoms with van der Waals surface area (Å²) in [5.41, 5.74) is 2.87. The van der Waals surface area contributed by atoms with E-state index in [1.807, 2.05) is 24.3 Å². The van der Waals surface area contributed by atoms with Gasteiger partial charge in [0.05, 0.1) is 6.61 Å². The standard InChI is InChI=1S/C17H21N3O/c1-4-11-21-16-10-9-12(2)13(3)17(16)20-18-14-7-5-6-8-15(14)19-20/h5-10,12-13H,4,11H2,1-3H3. The Morgan fingerprint density at radius 3 is 2.43 bits per heavy atom. The van der Waals surface area contributed by atoms with Crippen molar-refractivity contribution in [3.05, 3.63) is 42.2 Å². The normalized spacial score (nSPS) is 22.0. The third-order valence-electron chi connectivity index (χ3n) is 3.99. The van der Waals surface area contributed by atoms with Gasteiger partial charge in [0, 0.05) is 5.92 Å². The highest BCUT2D eigenvalue weighted by Gasteiger charge is 2.26. The second-order valence-electron chi connectivity index (χ2n) is 5.58. The Kier molecular flexibility index (Phi) is 3.78. The van der Waals surface area contributed by atoms with E-state index in [1.165, 1.54) is 0 Å². The molecule has 4 nitrogen and oxygen atoms in total. The smallest absolute Gasteiger partial charge is 0.142 e. The summed E-state index contributed by atoms with van der Waals surface area (Å²) in [6.45, 7) is 7.23. The summed E-state index contributed by atoms with van der Waals surface area (Å²) in [5, 5.41) is 9.23. The Morgan fingerprint density at radius 1 is 1.14 bits per heavy atom. The first-order valence-electron chi connectivity index (χ1n) is 7.58. The van der Waals surface area contributed by atoms with Crippen LogP contribution in [0.25, 0.3) is 16.7 Å². The maximum Gasteiger partial charge on any atom is 0.142 e. The lowest BCUT2D eigenvalue weighted by Crippen LogP contribution is -2.20. The second kappa shape index (κ2) is 5.72. The number of ether oxygens (including phenoxy) is 1. The maximum absolute atomic E-state index is 5.91. The molecule has 0 N–H and O–H groups in total. The van der Waals surface area contributed by atoms with E-state index in [2.05, 4.69) is 43.1 Å². The summed E-state index contributed by atoms with van der Waals surface area (Å²) in [6.07, 6.45) is 5.25. The molecule has 1 heterocycles. The van der Waals surface area contributed by atoms with E-state index in [9.17, 15) is 0 Å². The molecular weight excluding hydrogens is 262 g/mol. The molecule has 0 aliphatic heterocycles. The van der Waals surface area contributed by atoms with Crippen LogP contribution in [0.5, 0.6) is 0 Å². The molecule has 2 aromatic rings. The minimum Gasteiger partial charge on any atom is -0.492 e. The van der Waals surface area contributed by atoms with Crippen LogP contribution in [-0.2, 0) is 4.74 Å². The quantitative estimate of drug-likeness (QED) is 0.855. The van der Waals surface area contributed by atoms with Crippen molar-refractivity contribution in [2.75, 3.05) is 6.61 Å². The van der Waals surface area contributed by atoms with Gasteiger partial charge in [0.15, 0.2) is 0 Å². The van der Waals surface area contributed by atoms with Crippen LogP contribution in [-0.4, -0.2) is 21.6 Å². The van der Waals surface area contributed by atoms with Crippen LogP contribution in [0.1, 0.15) is 27.2 Å². The van der Waals surface area contributed by atoms with Gasteiger partial charge in [-0.1, -0.05) is 39.0 Å². The summed E-state index contributed by atoms with van der Waals surface area (Å²) in [4.78, 5) is 1.75. The number of rotatable bonds is 4. The molecule has 2 atom stereocenters. The number of hydrogen-bond donors (Lipinski definition) is 0. The van der Waals surface area contributed by atoms with Crippen molar-refractivity contribution in [1.82, 2.24) is 15.0 Å². The van der Waals surface area contributed by atoms with Crippen LogP contribution in [0.15, 0.2) is 42.2 Å². The van der Waals surface area contributed by atoms with E-state index in [4.69, 9.17) is 4.74 Å². The van der Waals surface area contributed by atoms with Crippen molar-refractivity contribution in [3.63, 3.8) is 0 Å². The number of nitrogens with zero attached hydrogens (tertiary/aromatic N) is 3. The Bertz CT molecular complexity index is 666. The fraction of sp³-hybridized carbons (Fsp3) is 0.412. The first-order chi connectivity index (χ1) is 10.2. The van der Waals surface area contributed by atoms with Crippen LogP contribution in [0, 0.1) is 11.8 Å². The lowest BCUT2D eigenvalue weighted by atomic mass is 9.88. The summed E-state index contributed by atoms with van der Waals surface area (Å²) in [7, 11) is 0. The fourth-order valence-electron chi connectivity index (χ4n) is 2.55. The zero-order chi connectivity index (χ0) is 14.8. The lowest BCUT2D eigenvalue weighted by molar-refractivity contribution is 0.219. The van der Waals surface area contributed by atoms with Crippen LogP contribution in [0.2, 0.25) is 0 Å². The second-order valence-corrected chi connectivity index (χ2v) is 5.58. The molecule has 3 rings (SSSR count). The number of benzene rings is 1. The predicted molar refractivity (Wildman–Crippen MR) is 84.5 cm³/mol. The molecule has 0 fully saturated rings. The van der Waals surface area contributed by atoms with Crippen LogP contribution < -0.4 is 0 Å². The van der Waals surface area contributed by atoms with Crippen molar-refractivity contribution in [1.29, 1.82) is 0 Å². The van der Waals surface area contributed by atoms with Crippen molar-refractivity contribution < 1.29 is 4.74 Å². The highest BCUT2D eigenvalue weighted by atomic mass is 16.5. The Hall–Kier alpha value is -2.10. The van der Waals surface area contributed by atoms with Gasteiger partial charge in [0.2, 0.25) is 0 Å². The highest BCUT2D eigenvalue weighted by Crippen LogP contribution is 2.33. The average Bonchev–Trinajstić information content (AvgIpc) is 2.91. The van der Waals surface area contributed by atoms with Gasteiger partial charge in [0.1, 0.15) is 22.5 Å². The SMILES string of the molecule is CCCOC1=C(n2nc3ccccc3n2)C(C)C(C)C=C1. The molecule has 0 saturated heterocycles. The Labute approximate surface area is 125 Å². The van der Waals surface area contributed by atoms with E-state index in [0.29, 0.717) is 18.4 Å². The molecule has 0 saturated carbocycles. The van der Waals surface area contributed by atoms with Crippen LogP contribution in [0.4, 0.5) is 0 Å². The molecule has 21 heavy (non-hydrogen) atoms. The zero-order valence-corrected chi connectivity index (χ0v) is 12.8. The van der Waals surface area contributed by atoms with E-state index in [1.54, 1.807) is 4.80 Å². The molecular formula is C17H21N3O. The van der Waals surface area contributed by atoms with Crippen LogP contribution in [0.3, 0.4) is 0 Å².